The average molecular weight is 297 g/mol. The normalized spacial score (nSPS) is 13.4. The van der Waals surface area contributed by atoms with E-state index in [2.05, 4.69) is 4.99 Å². The van der Waals surface area contributed by atoms with Crippen LogP contribution in [-0.2, 0) is 0 Å². The molecule has 0 unspecified atom stereocenters. The number of non-ortho nitro benzene ring substituents is 1. The Morgan fingerprint density at radius 3 is 2.68 bits per heavy atom. The first kappa shape index (κ1) is 13.9. The van der Waals surface area contributed by atoms with Gasteiger partial charge in [0.15, 0.2) is 0 Å². The van der Waals surface area contributed by atoms with Gasteiger partial charge in [0.25, 0.3) is 5.69 Å². The van der Waals surface area contributed by atoms with Crippen molar-refractivity contribution >= 4 is 17.1 Å². The number of nitro benzene ring substituents is 1. The Bertz CT molecular complexity index is 815. The van der Waals surface area contributed by atoms with Gasteiger partial charge in [-0.25, -0.2) is 4.39 Å². The van der Waals surface area contributed by atoms with E-state index in [4.69, 9.17) is 0 Å². The number of nitro groups is 1. The van der Waals surface area contributed by atoms with Gasteiger partial charge < -0.3 is 4.90 Å². The van der Waals surface area contributed by atoms with Crippen LogP contribution in [0, 0.1) is 15.9 Å². The maximum absolute atomic E-state index is 14.1. The van der Waals surface area contributed by atoms with Gasteiger partial charge >= 0.3 is 0 Å². The number of hydrogen-bond donors (Lipinski definition) is 0. The summed E-state index contributed by atoms with van der Waals surface area (Å²) in [6, 6.07) is 10.7. The number of fused-ring (bicyclic) bond motifs is 1. The van der Waals surface area contributed by atoms with Crippen molar-refractivity contribution in [2.24, 2.45) is 4.99 Å². The van der Waals surface area contributed by atoms with Gasteiger partial charge in [-0.2, -0.15) is 0 Å². The Hall–Kier alpha value is -3.02. The molecule has 1 aliphatic heterocycles. The van der Waals surface area contributed by atoms with Gasteiger partial charge in [-0.15, -0.1) is 0 Å². The zero-order valence-electron chi connectivity index (χ0n) is 11.7. The zero-order valence-corrected chi connectivity index (χ0v) is 11.7. The zero-order chi connectivity index (χ0) is 15.7. The van der Waals surface area contributed by atoms with Gasteiger partial charge in [-0.1, -0.05) is 12.1 Å². The first-order valence-corrected chi connectivity index (χ1v) is 6.59. The van der Waals surface area contributed by atoms with Gasteiger partial charge in [-0.05, 0) is 18.2 Å². The van der Waals surface area contributed by atoms with Crippen LogP contribution in [0.2, 0.25) is 0 Å². The topological polar surface area (TPSA) is 58.7 Å². The Kier molecular flexibility index (Phi) is 3.42. The molecule has 0 aliphatic carbocycles. The van der Waals surface area contributed by atoms with E-state index in [9.17, 15) is 14.5 Å². The maximum atomic E-state index is 14.1. The number of hydrogen-bond acceptors (Lipinski definition) is 4. The summed E-state index contributed by atoms with van der Waals surface area (Å²) in [7, 11) is 1.81. The average Bonchev–Trinajstić information content (AvgIpc) is 2.67. The highest BCUT2D eigenvalue weighted by atomic mass is 19.1. The van der Waals surface area contributed by atoms with Gasteiger partial charge in [0.1, 0.15) is 5.82 Å². The van der Waals surface area contributed by atoms with Crippen molar-refractivity contribution in [2.75, 3.05) is 11.9 Å². The minimum Gasteiger partial charge on any atom is -0.349 e. The fourth-order valence-electron chi connectivity index (χ4n) is 2.36. The van der Waals surface area contributed by atoms with Crippen LogP contribution in [0.5, 0.6) is 0 Å². The molecule has 0 amide bonds. The maximum Gasteiger partial charge on any atom is 0.270 e. The van der Waals surface area contributed by atoms with Crippen molar-refractivity contribution in [3.8, 4) is 0 Å². The fourth-order valence-corrected chi connectivity index (χ4v) is 2.36. The second-order valence-corrected chi connectivity index (χ2v) is 4.83. The highest BCUT2D eigenvalue weighted by molar-refractivity contribution is 6.17. The van der Waals surface area contributed by atoms with Crippen LogP contribution >= 0.6 is 0 Å². The van der Waals surface area contributed by atoms with Crippen LogP contribution in [0.25, 0.3) is 0 Å². The molecule has 1 heterocycles. The van der Waals surface area contributed by atoms with Crippen molar-refractivity contribution in [1.29, 1.82) is 0 Å². The molecular weight excluding hydrogens is 285 g/mol. The predicted molar refractivity (Wildman–Crippen MR) is 82.7 cm³/mol. The lowest BCUT2D eigenvalue weighted by Crippen LogP contribution is -2.13. The Morgan fingerprint density at radius 1 is 1.18 bits per heavy atom. The molecule has 22 heavy (non-hydrogen) atoms. The molecule has 1 aliphatic rings. The standard InChI is InChI=1S/C16H12FN3O2/c1-19-9-8-18-16(12-4-2-3-5-14(12)17)13-10-11(20(21)22)6-7-15(13)19/h2-10H,1H3. The summed E-state index contributed by atoms with van der Waals surface area (Å²) < 4.78 is 14.1. The summed E-state index contributed by atoms with van der Waals surface area (Å²) in [4.78, 5) is 16.6. The van der Waals surface area contributed by atoms with E-state index in [1.807, 2.05) is 0 Å². The van der Waals surface area contributed by atoms with Crippen molar-refractivity contribution < 1.29 is 9.31 Å². The molecule has 0 atom stereocenters. The van der Waals surface area contributed by atoms with Crippen LogP contribution < -0.4 is 4.90 Å². The molecule has 110 valence electrons. The molecule has 2 aromatic rings. The van der Waals surface area contributed by atoms with E-state index in [-0.39, 0.29) is 5.69 Å². The molecule has 0 spiro atoms. The molecule has 2 aromatic carbocycles. The lowest BCUT2D eigenvalue weighted by atomic mass is 9.99. The lowest BCUT2D eigenvalue weighted by molar-refractivity contribution is -0.384. The smallest absolute Gasteiger partial charge is 0.270 e. The third kappa shape index (κ3) is 2.35. The van der Waals surface area contributed by atoms with Crippen molar-refractivity contribution in [3.63, 3.8) is 0 Å². The fraction of sp³-hybridized carbons (Fsp3) is 0.0625. The van der Waals surface area contributed by atoms with E-state index < -0.39 is 10.7 Å². The van der Waals surface area contributed by atoms with E-state index in [1.165, 1.54) is 18.2 Å². The lowest BCUT2D eigenvalue weighted by Gasteiger charge is -2.17. The summed E-state index contributed by atoms with van der Waals surface area (Å²) in [6.07, 6.45) is 3.27. The minimum atomic E-state index is -0.475. The first-order chi connectivity index (χ1) is 10.6. The van der Waals surface area contributed by atoms with Crippen LogP contribution in [0.4, 0.5) is 15.8 Å². The molecule has 3 rings (SSSR count). The Morgan fingerprint density at radius 2 is 1.95 bits per heavy atom. The van der Waals surface area contributed by atoms with Gasteiger partial charge in [-0.3, -0.25) is 15.1 Å². The summed E-state index contributed by atoms with van der Waals surface area (Å²) in [5.41, 5.74) is 1.87. The van der Waals surface area contributed by atoms with E-state index in [0.29, 0.717) is 16.8 Å². The number of aliphatic imine (C=N–C) groups is 1. The van der Waals surface area contributed by atoms with E-state index in [0.717, 1.165) is 5.69 Å². The first-order valence-electron chi connectivity index (χ1n) is 6.59. The molecule has 0 saturated heterocycles. The molecule has 0 bridgehead atoms. The van der Waals surface area contributed by atoms with Crippen LogP contribution in [0.3, 0.4) is 0 Å². The van der Waals surface area contributed by atoms with Gasteiger partial charge in [0.05, 0.1) is 16.3 Å². The number of nitrogens with zero attached hydrogens (tertiary/aromatic N) is 3. The molecule has 0 aromatic heterocycles. The molecule has 5 nitrogen and oxygen atoms in total. The molecule has 0 saturated carbocycles. The summed E-state index contributed by atoms with van der Waals surface area (Å²) >= 11 is 0. The summed E-state index contributed by atoms with van der Waals surface area (Å²) in [5, 5.41) is 11.0. The van der Waals surface area contributed by atoms with Gasteiger partial charge in [0.2, 0.25) is 0 Å². The van der Waals surface area contributed by atoms with Crippen LogP contribution in [-0.4, -0.2) is 17.7 Å². The predicted octanol–water partition coefficient (Wildman–Crippen LogP) is 3.49. The quantitative estimate of drug-likeness (QED) is 0.629. The molecule has 0 N–H and O–H groups in total. The minimum absolute atomic E-state index is 0.0573. The second-order valence-electron chi connectivity index (χ2n) is 4.83. The molecule has 0 radical (unpaired) electrons. The monoisotopic (exact) mass is 297 g/mol. The Labute approximate surface area is 126 Å². The Balaban J connectivity index is 2.25. The van der Waals surface area contributed by atoms with E-state index in [1.54, 1.807) is 48.6 Å². The highest BCUT2D eigenvalue weighted by Crippen LogP contribution is 2.30. The number of benzene rings is 2. The van der Waals surface area contributed by atoms with Crippen LogP contribution in [0.15, 0.2) is 59.9 Å². The largest absolute Gasteiger partial charge is 0.349 e. The molecular formula is C16H12FN3O2. The number of halogens is 1. The summed E-state index contributed by atoms with van der Waals surface area (Å²) in [6.45, 7) is 0. The van der Waals surface area contributed by atoms with Crippen molar-refractivity contribution in [2.45, 2.75) is 0 Å². The highest BCUT2D eigenvalue weighted by Gasteiger charge is 2.21. The number of anilines is 1. The van der Waals surface area contributed by atoms with Crippen LogP contribution in [0.1, 0.15) is 11.1 Å². The molecule has 6 heteroatoms. The number of rotatable bonds is 2. The summed E-state index contributed by atoms with van der Waals surface area (Å²) in [5.74, 6) is -0.420. The van der Waals surface area contributed by atoms with Gasteiger partial charge in [0, 0.05) is 42.7 Å². The molecule has 0 fully saturated rings. The third-order valence-corrected chi connectivity index (χ3v) is 3.45. The van der Waals surface area contributed by atoms with Crippen molar-refractivity contribution in [1.82, 2.24) is 0 Å². The van der Waals surface area contributed by atoms with Crippen molar-refractivity contribution in [3.05, 3.63) is 81.9 Å². The SMILES string of the molecule is CN1C=CN=C(c2ccccc2F)c2cc([N+](=O)[O-])ccc21. The van der Waals surface area contributed by atoms with E-state index >= 15 is 0 Å². The second kappa shape index (κ2) is 5.40. The third-order valence-electron chi connectivity index (χ3n) is 3.45.